The summed E-state index contributed by atoms with van der Waals surface area (Å²) in [7, 11) is 0. The van der Waals surface area contributed by atoms with Crippen molar-refractivity contribution >= 4 is 35.5 Å². The van der Waals surface area contributed by atoms with Gasteiger partial charge in [-0.3, -0.25) is 28.8 Å². The standard InChI is InChI=1S/C16H26N6O7/c17-11(23)4-3-10(16(29)20-6-12(24)19-8-14(26)27)22-13(25)7-21-15(28)9-2-1-5-18-9/h9-10,18H,1-8H2,(H2,17,23)(H,19,24)(H,20,29)(H,21,28)(H,22,25)(H,26,27). The van der Waals surface area contributed by atoms with E-state index in [-0.39, 0.29) is 31.3 Å². The van der Waals surface area contributed by atoms with E-state index in [4.69, 9.17) is 10.8 Å². The summed E-state index contributed by atoms with van der Waals surface area (Å²) in [6, 6.07) is -1.52. The van der Waals surface area contributed by atoms with Crippen LogP contribution in [0.1, 0.15) is 25.7 Å². The van der Waals surface area contributed by atoms with Crippen LogP contribution >= 0.6 is 0 Å². The quantitative estimate of drug-likeness (QED) is 0.167. The van der Waals surface area contributed by atoms with Crippen LogP contribution in [0.5, 0.6) is 0 Å². The fourth-order valence-corrected chi connectivity index (χ4v) is 2.53. The molecule has 162 valence electrons. The number of nitrogens with one attached hydrogen (secondary N) is 5. The van der Waals surface area contributed by atoms with Gasteiger partial charge in [0.05, 0.1) is 19.1 Å². The molecule has 1 aliphatic rings. The minimum Gasteiger partial charge on any atom is -0.480 e. The molecule has 1 saturated heterocycles. The lowest BCUT2D eigenvalue weighted by Gasteiger charge is -2.18. The highest BCUT2D eigenvalue weighted by molar-refractivity contribution is 5.93. The molecule has 13 heteroatoms. The van der Waals surface area contributed by atoms with Gasteiger partial charge in [-0.05, 0) is 25.8 Å². The molecule has 0 aromatic rings. The van der Waals surface area contributed by atoms with Gasteiger partial charge in [0, 0.05) is 6.42 Å². The first-order chi connectivity index (χ1) is 13.7. The molecule has 2 unspecified atom stereocenters. The average molecular weight is 414 g/mol. The molecule has 0 aromatic heterocycles. The van der Waals surface area contributed by atoms with E-state index in [0.717, 1.165) is 13.0 Å². The fraction of sp³-hybridized carbons (Fsp3) is 0.625. The smallest absolute Gasteiger partial charge is 0.322 e. The first kappa shape index (κ1) is 23.8. The van der Waals surface area contributed by atoms with E-state index in [2.05, 4.69) is 26.6 Å². The molecule has 1 fully saturated rings. The van der Waals surface area contributed by atoms with Crippen LogP contribution in [0.15, 0.2) is 0 Å². The molecular weight excluding hydrogens is 388 g/mol. The van der Waals surface area contributed by atoms with Crippen molar-refractivity contribution in [2.75, 3.05) is 26.2 Å². The molecule has 1 rings (SSSR count). The minimum atomic E-state index is -1.24. The Morgan fingerprint density at radius 3 is 2.28 bits per heavy atom. The van der Waals surface area contributed by atoms with Gasteiger partial charge in [0.25, 0.3) is 0 Å². The number of hydrogen-bond acceptors (Lipinski definition) is 7. The van der Waals surface area contributed by atoms with Crippen LogP contribution in [0.25, 0.3) is 0 Å². The molecule has 5 amide bonds. The summed E-state index contributed by atoms with van der Waals surface area (Å²) >= 11 is 0. The van der Waals surface area contributed by atoms with Gasteiger partial charge < -0.3 is 37.4 Å². The predicted molar refractivity (Wildman–Crippen MR) is 98.0 cm³/mol. The zero-order valence-electron chi connectivity index (χ0n) is 15.8. The molecule has 0 aliphatic carbocycles. The zero-order chi connectivity index (χ0) is 21.8. The second-order valence-corrected chi connectivity index (χ2v) is 6.38. The Bertz CT molecular complexity index is 648. The molecule has 0 bridgehead atoms. The molecule has 8 N–H and O–H groups in total. The summed E-state index contributed by atoms with van der Waals surface area (Å²) in [6.45, 7) is -0.763. The Morgan fingerprint density at radius 1 is 1.00 bits per heavy atom. The maximum absolute atomic E-state index is 12.2. The lowest BCUT2D eigenvalue weighted by Crippen LogP contribution is -2.52. The second kappa shape index (κ2) is 12.3. The highest BCUT2D eigenvalue weighted by atomic mass is 16.4. The maximum atomic E-state index is 12.2. The van der Waals surface area contributed by atoms with Crippen LogP contribution in [0.2, 0.25) is 0 Å². The van der Waals surface area contributed by atoms with Gasteiger partial charge in [-0.15, -0.1) is 0 Å². The molecule has 29 heavy (non-hydrogen) atoms. The lowest BCUT2D eigenvalue weighted by molar-refractivity contribution is -0.138. The number of carboxylic acids is 1. The van der Waals surface area contributed by atoms with Gasteiger partial charge in [-0.2, -0.15) is 0 Å². The van der Waals surface area contributed by atoms with E-state index < -0.39 is 48.7 Å². The summed E-state index contributed by atoms with van der Waals surface area (Å²) in [5.41, 5.74) is 5.06. The van der Waals surface area contributed by atoms with Crippen molar-refractivity contribution < 1.29 is 33.9 Å². The van der Waals surface area contributed by atoms with E-state index in [1.54, 1.807) is 0 Å². The average Bonchev–Trinajstić information content (AvgIpc) is 3.20. The third-order valence-electron chi connectivity index (χ3n) is 3.99. The van der Waals surface area contributed by atoms with Crippen molar-refractivity contribution in [3.63, 3.8) is 0 Å². The monoisotopic (exact) mass is 414 g/mol. The molecule has 1 aliphatic heterocycles. The van der Waals surface area contributed by atoms with E-state index in [1.807, 2.05) is 0 Å². The van der Waals surface area contributed by atoms with Crippen LogP contribution in [0.3, 0.4) is 0 Å². The molecule has 0 spiro atoms. The van der Waals surface area contributed by atoms with Crippen molar-refractivity contribution in [2.45, 2.75) is 37.8 Å². The summed E-state index contributed by atoms with van der Waals surface area (Å²) in [5.74, 6) is -4.41. The number of rotatable bonds is 12. The van der Waals surface area contributed by atoms with Crippen molar-refractivity contribution in [1.82, 2.24) is 26.6 Å². The Morgan fingerprint density at radius 2 is 1.69 bits per heavy atom. The largest absolute Gasteiger partial charge is 0.480 e. The van der Waals surface area contributed by atoms with E-state index in [0.29, 0.717) is 6.42 Å². The molecule has 2 atom stereocenters. The number of amides is 5. The van der Waals surface area contributed by atoms with E-state index >= 15 is 0 Å². The van der Waals surface area contributed by atoms with E-state index in [9.17, 15) is 28.8 Å². The predicted octanol–water partition coefficient (Wildman–Crippen LogP) is -4.08. The lowest BCUT2D eigenvalue weighted by atomic mass is 10.1. The molecule has 13 nitrogen and oxygen atoms in total. The summed E-state index contributed by atoms with van der Waals surface area (Å²) < 4.78 is 0. The van der Waals surface area contributed by atoms with Crippen molar-refractivity contribution in [2.24, 2.45) is 5.73 Å². The van der Waals surface area contributed by atoms with Gasteiger partial charge >= 0.3 is 5.97 Å². The third kappa shape index (κ3) is 10.0. The minimum absolute atomic E-state index is 0.109. The molecular formula is C16H26N6O7. The fourth-order valence-electron chi connectivity index (χ4n) is 2.53. The number of primary amides is 1. The van der Waals surface area contributed by atoms with Gasteiger partial charge in [0.1, 0.15) is 12.6 Å². The maximum Gasteiger partial charge on any atom is 0.322 e. The van der Waals surface area contributed by atoms with Gasteiger partial charge in [-0.1, -0.05) is 0 Å². The summed E-state index contributed by atoms with van der Waals surface area (Å²) in [5, 5.41) is 20.6. The summed E-state index contributed by atoms with van der Waals surface area (Å²) in [6.07, 6.45) is 1.23. The Labute approximate surface area is 166 Å². The van der Waals surface area contributed by atoms with Crippen LogP contribution < -0.4 is 32.3 Å². The van der Waals surface area contributed by atoms with Crippen molar-refractivity contribution in [3.05, 3.63) is 0 Å². The van der Waals surface area contributed by atoms with Crippen LogP contribution in [-0.4, -0.2) is 78.9 Å². The van der Waals surface area contributed by atoms with Gasteiger partial charge in [0.15, 0.2) is 0 Å². The molecule has 1 heterocycles. The number of nitrogens with two attached hydrogens (primary N) is 1. The second-order valence-electron chi connectivity index (χ2n) is 6.38. The molecule has 0 radical (unpaired) electrons. The molecule has 0 aromatic carbocycles. The number of aliphatic carboxylic acids is 1. The number of carboxylic acid groups (broad SMARTS) is 1. The van der Waals surface area contributed by atoms with Gasteiger partial charge in [0.2, 0.25) is 29.5 Å². The Hall–Kier alpha value is -3.22. The zero-order valence-corrected chi connectivity index (χ0v) is 15.8. The van der Waals surface area contributed by atoms with Crippen LogP contribution in [-0.2, 0) is 28.8 Å². The van der Waals surface area contributed by atoms with Crippen LogP contribution in [0, 0.1) is 0 Å². The van der Waals surface area contributed by atoms with Crippen molar-refractivity contribution in [1.29, 1.82) is 0 Å². The summed E-state index contributed by atoms with van der Waals surface area (Å²) in [4.78, 5) is 69.0. The van der Waals surface area contributed by atoms with Crippen LogP contribution in [0.4, 0.5) is 0 Å². The SMILES string of the molecule is NC(=O)CCC(NC(=O)CNC(=O)C1CCCN1)C(=O)NCC(=O)NCC(=O)O. The number of carbonyl (C=O) groups excluding carboxylic acids is 5. The topological polar surface area (TPSA) is 209 Å². The molecule has 0 saturated carbocycles. The highest BCUT2D eigenvalue weighted by Crippen LogP contribution is 2.04. The van der Waals surface area contributed by atoms with Gasteiger partial charge in [-0.25, -0.2) is 0 Å². The normalized spacial score (nSPS) is 16.3. The third-order valence-corrected chi connectivity index (χ3v) is 3.99. The number of carbonyl (C=O) groups is 6. The Kier molecular flexibility index (Phi) is 10.1. The Balaban J connectivity index is 2.49. The first-order valence-electron chi connectivity index (χ1n) is 9.04. The van der Waals surface area contributed by atoms with E-state index in [1.165, 1.54) is 0 Å². The number of hydrogen-bond donors (Lipinski definition) is 7. The highest BCUT2D eigenvalue weighted by Gasteiger charge is 2.24. The first-order valence-corrected chi connectivity index (χ1v) is 9.04. The van der Waals surface area contributed by atoms with Crippen molar-refractivity contribution in [3.8, 4) is 0 Å².